The van der Waals surface area contributed by atoms with Gasteiger partial charge in [-0.1, -0.05) is 17.7 Å². The number of aryl methyl sites for hydroxylation is 2. The summed E-state index contributed by atoms with van der Waals surface area (Å²) in [7, 11) is 1.85. The van der Waals surface area contributed by atoms with E-state index in [1.807, 2.05) is 13.1 Å². The van der Waals surface area contributed by atoms with Crippen LogP contribution in [0.3, 0.4) is 0 Å². The Morgan fingerprint density at radius 2 is 2.22 bits per heavy atom. The third kappa shape index (κ3) is 2.89. The molecule has 3 nitrogen and oxygen atoms in total. The van der Waals surface area contributed by atoms with Gasteiger partial charge in [0.2, 0.25) is 0 Å². The molecule has 0 bridgehead atoms. The van der Waals surface area contributed by atoms with Gasteiger partial charge in [-0.05, 0) is 36.6 Å². The molecule has 1 unspecified atom stereocenters. The van der Waals surface area contributed by atoms with Crippen LogP contribution in [-0.2, 0) is 13.5 Å². The topological polar surface area (TPSA) is 38.0 Å². The number of rotatable bonds is 4. The number of aliphatic hydroxyl groups is 1. The van der Waals surface area contributed by atoms with Gasteiger partial charge in [0, 0.05) is 24.0 Å². The van der Waals surface area contributed by atoms with Crippen LogP contribution in [0.5, 0.6) is 0 Å². The Hall–Kier alpha value is -1.39. The van der Waals surface area contributed by atoms with Crippen molar-refractivity contribution in [3.8, 4) is 0 Å². The van der Waals surface area contributed by atoms with Crippen molar-refractivity contribution >= 4 is 11.6 Å². The van der Waals surface area contributed by atoms with Crippen molar-refractivity contribution in [2.75, 3.05) is 0 Å². The zero-order valence-corrected chi connectivity index (χ0v) is 10.7. The molecule has 0 radical (unpaired) electrons. The number of benzene rings is 1. The summed E-state index contributed by atoms with van der Waals surface area (Å²) in [6.07, 6.45) is 2.22. The highest BCUT2D eigenvalue weighted by Gasteiger charge is 2.13. The van der Waals surface area contributed by atoms with E-state index in [0.29, 0.717) is 18.4 Å². The molecule has 2 aromatic rings. The molecule has 1 aromatic carbocycles. The number of nitrogens with zero attached hydrogens (tertiary/aromatic N) is 2. The van der Waals surface area contributed by atoms with Gasteiger partial charge in [-0.15, -0.1) is 0 Å². The fourth-order valence-electron chi connectivity index (χ4n) is 1.86. The van der Waals surface area contributed by atoms with Crippen molar-refractivity contribution in [3.63, 3.8) is 0 Å². The molecule has 0 aliphatic rings. The van der Waals surface area contributed by atoms with Crippen molar-refractivity contribution in [2.45, 2.75) is 18.9 Å². The molecular formula is C13H14ClFN2O. The molecule has 1 atom stereocenters. The summed E-state index contributed by atoms with van der Waals surface area (Å²) >= 11 is 5.90. The quantitative estimate of drug-likeness (QED) is 0.926. The first-order chi connectivity index (χ1) is 8.58. The first kappa shape index (κ1) is 13.1. The van der Waals surface area contributed by atoms with E-state index in [0.717, 1.165) is 5.69 Å². The Morgan fingerprint density at radius 1 is 1.44 bits per heavy atom. The maximum Gasteiger partial charge on any atom is 0.124 e. The molecule has 5 heteroatoms. The number of hydrogen-bond acceptors (Lipinski definition) is 2. The largest absolute Gasteiger partial charge is 0.388 e. The lowest BCUT2D eigenvalue weighted by atomic mass is 10.0. The van der Waals surface area contributed by atoms with Gasteiger partial charge in [0.25, 0.3) is 0 Å². The minimum Gasteiger partial charge on any atom is -0.388 e. The van der Waals surface area contributed by atoms with Crippen molar-refractivity contribution in [3.05, 3.63) is 52.6 Å². The summed E-state index contributed by atoms with van der Waals surface area (Å²) in [5, 5.41) is 14.4. The molecular weight excluding hydrogens is 255 g/mol. The van der Waals surface area contributed by atoms with Gasteiger partial charge in [-0.25, -0.2) is 4.39 Å². The third-order valence-corrected chi connectivity index (χ3v) is 3.25. The van der Waals surface area contributed by atoms with Crippen LogP contribution >= 0.6 is 11.6 Å². The molecule has 0 fully saturated rings. The molecule has 0 aliphatic heterocycles. The molecule has 0 spiro atoms. The highest BCUT2D eigenvalue weighted by Crippen LogP contribution is 2.26. The van der Waals surface area contributed by atoms with E-state index in [1.54, 1.807) is 10.9 Å². The van der Waals surface area contributed by atoms with Crippen molar-refractivity contribution in [1.82, 2.24) is 9.78 Å². The molecule has 0 saturated carbocycles. The Labute approximate surface area is 110 Å². The van der Waals surface area contributed by atoms with Crippen LogP contribution in [0, 0.1) is 5.82 Å². The summed E-state index contributed by atoms with van der Waals surface area (Å²) in [5.41, 5.74) is 1.59. The fraction of sp³-hybridized carbons (Fsp3) is 0.308. The zero-order valence-electron chi connectivity index (χ0n) is 9.98. The second-order valence-corrected chi connectivity index (χ2v) is 4.57. The van der Waals surface area contributed by atoms with E-state index in [-0.39, 0.29) is 5.02 Å². The van der Waals surface area contributed by atoms with Crippen LogP contribution in [-0.4, -0.2) is 14.9 Å². The van der Waals surface area contributed by atoms with E-state index >= 15 is 0 Å². The van der Waals surface area contributed by atoms with Crippen molar-refractivity contribution < 1.29 is 9.50 Å². The van der Waals surface area contributed by atoms with Crippen LogP contribution in [0.1, 0.15) is 23.8 Å². The highest BCUT2D eigenvalue weighted by molar-refractivity contribution is 6.31. The predicted octanol–water partition coefficient (Wildman–Crippen LogP) is 2.88. The van der Waals surface area contributed by atoms with Gasteiger partial charge >= 0.3 is 0 Å². The molecule has 0 saturated heterocycles. The fourth-order valence-corrected chi connectivity index (χ4v) is 2.15. The maximum absolute atomic E-state index is 12.9. The first-order valence-corrected chi connectivity index (χ1v) is 6.05. The van der Waals surface area contributed by atoms with Crippen LogP contribution < -0.4 is 0 Å². The van der Waals surface area contributed by atoms with Crippen LogP contribution in [0.25, 0.3) is 0 Å². The molecule has 1 aromatic heterocycles. The third-order valence-electron chi connectivity index (χ3n) is 2.92. The van der Waals surface area contributed by atoms with Gasteiger partial charge in [-0.2, -0.15) is 5.10 Å². The molecule has 2 rings (SSSR count). The summed E-state index contributed by atoms with van der Waals surface area (Å²) in [6.45, 7) is 0. The van der Waals surface area contributed by atoms with Gasteiger partial charge in [0.15, 0.2) is 0 Å². The van der Waals surface area contributed by atoms with Crippen LogP contribution in [0.4, 0.5) is 4.39 Å². The van der Waals surface area contributed by atoms with E-state index in [2.05, 4.69) is 5.10 Å². The molecule has 1 heterocycles. The Bertz CT molecular complexity index is 542. The number of aliphatic hydroxyl groups excluding tert-OH is 1. The smallest absolute Gasteiger partial charge is 0.124 e. The normalized spacial score (nSPS) is 12.7. The predicted molar refractivity (Wildman–Crippen MR) is 67.9 cm³/mol. The Kier molecular flexibility index (Phi) is 3.99. The number of halogens is 2. The maximum atomic E-state index is 12.9. The lowest BCUT2D eigenvalue weighted by Crippen LogP contribution is -2.04. The van der Waals surface area contributed by atoms with Crippen molar-refractivity contribution in [2.24, 2.45) is 7.05 Å². The van der Waals surface area contributed by atoms with Gasteiger partial charge in [0.1, 0.15) is 5.82 Å². The molecule has 18 heavy (non-hydrogen) atoms. The first-order valence-electron chi connectivity index (χ1n) is 5.68. The lowest BCUT2D eigenvalue weighted by molar-refractivity contribution is 0.167. The van der Waals surface area contributed by atoms with Crippen LogP contribution in [0.2, 0.25) is 5.02 Å². The molecule has 0 amide bonds. The van der Waals surface area contributed by atoms with Crippen LogP contribution in [0.15, 0.2) is 30.5 Å². The van der Waals surface area contributed by atoms with Gasteiger partial charge < -0.3 is 5.11 Å². The number of aromatic nitrogens is 2. The Morgan fingerprint density at radius 3 is 2.83 bits per heavy atom. The average Bonchev–Trinajstić information content (AvgIpc) is 2.72. The summed E-state index contributed by atoms with van der Waals surface area (Å²) in [4.78, 5) is 0. The van der Waals surface area contributed by atoms with Gasteiger partial charge in [-0.3, -0.25) is 4.68 Å². The van der Waals surface area contributed by atoms with Crippen molar-refractivity contribution in [1.29, 1.82) is 0 Å². The van der Waals surface area contributed by atoms with E-state index in [4.69, 9.17) is 11.6 Å². The van der Waals surface area contributed by atoms with E-state index in [1.165, 1.54) is 18.2 Å². The minimum absolute atomic E-state index is 0.257. The molecule has 1 N–H and O–H groups in total. The standard InChI is InChI=1S/C13H14ClFN2O/c1-17-10(6-7-16-17)3-5-13(18)11-4-2-9(15)8-12(11)14/h2,4,6-8,13,18H,3,5H2,1H3. The zero-order chi connectivity index (χ0) is 13.1. The number of hydrogen-bond donors (Lipinski definition) is 1. The monoisotopic (exact) mass is 268 g/mol. The van der Waals surface area contributed by atoms with E-state index < -0.39 is 11.9 Å². The summed E-state index contributed by atoms with van der Waals surface area (Å²) in [6, 6.07) is 5.93. The van der Waals surface area contributed by atoms with Gasteiger partial charge in [0.05, 0.1) is 6.10 Å². The summed E-state index contributed by atoms with van der Waals surface area (Å²) < 4.78 is 14.7. The highest BCUT2D eigenvalue weighted by atomic mass is 35.5. The second kappa shape index (κ2) is 5.50. The molecule has 96 valence electrons. The second-order valence-electron chi connectivity index (χ2n) is 4.17. The average molecular weight is 269 g/mol. The van der Waals surface area contributed by atoms with E-state index in [9.17, 15) is 9.50 Å². The molecule has 0 aliphatic carbocycles. The Balaban J connectivity index is 2.03. The SMILES string of the molecule is Cn1nccc1CCC(O)c1ccc(F)cc1Cl. The summed E-state index contributed by atoms with van der Waals surface area (Å²) in [5.74, 6) is -0.400. The lowest BCUT2D eigenvalue weighted by Gasteiger charge is -2.12. The minimum atomic E-state index is -0.701.